The van der Waals surface area contributed by atoms with E-state index >= 15 is 0 Å². The Balaban J connectivity index is 1.64. The molecule has 10 heteroatoms. The maximum atomic E-state index is 13.6. The summed E-state index contributed by atoms with van der Waals surface area (Å²) in [6.45, 7) is 2.96. The summed E-state index contributed by atoms with van der Waals surface area (Å²) in [5, 5.41) is 9.00. The highest BCUT2D eigenvalue weighted by molar-refractivity contribution is 5.97. The second-order valence-electron chi connectivity index (χ2n) is 10.1. The fourth-order valence-corrected chi connectivity index (χ4v) is 5.11. The molecule has 1 aromatic carbocycles. The molecular formula is C27H29N7O3. The predicted octanol–water partition coefficient (Wildman–Crippen LogP) is 2.51. The van der Waals surface area contributed by atoms with E-state index in [9.17, 15) is 14.4 Å². The molecule has 1 amide bonds. The molecule has 1 saturated carbocycles. The lowest BCUT2D eigenvalue weighted by Gasteiger charge is -2.09. The van der Waals surface area contributed by atoms with Crippen LogP contribution >= 0.6 is 0 Å². The molecular weight excluding hydrogens is 470 g/mol. The lowest BCUT2D eigenvalue weighted by Crippen LogP contribution is -2.38. The van der Waals surface area contributed by atoms with Crippen LogP contribution < -0.4 is 16.6 Å². The Morgan fingerprint density at radius 1 is 1.19 bits per heavy atom. The summed E-state index contributed by atoms with van der Waals surface area (Å²) >= 11 is 0. The normalized spacial score (nSPS) is 13.6. The van der Waals surface area contributed by atoms with Crippen LogP contribution in [-0.4, -0.2) is 41.4 Å². The Bertz CT molecular complexity index is 1820. The van der Waals surface area contributed by atoms with Gasteiger partial charge in [0.05, 0.1) is 17.8 Å². The van der Waals surface area contributed by atoms with E-state index < -0.39 is 5.56 Å². The van der Waals surface area contributed by atoms with Crippen LogP contribution in [0.4, 0.5) is 0 Å². The Kier molecular flexibility index (Phi) is 5.22. The van der Waals surface area contributed by atoms with Crippen molar-refractivity contribution in [2.24, 2.45) is 20.0 Å². The zero-order valence-corrected chi connectivity index (χ0v) is 21.3. The topological polar surface area (TPSA) is 112 Å². The summed E-state index contributed by atoms with van der Waals surface area (Å²) in [6, 6.07) is 7.99. The molecule has 5 aromatic rings. The van der Waals surface area contributed by atoms with Gasteiger partial charge < -0.3 is 14.9 Å². The van der Waals surface area contributed by atoms with Crippen molar-refractivity contribution in [3.8, 4) is 11.4 Å². The second-order valence-corrected chi connectivity index (χ2v) is 10.1. The number of rotatable bonds is 6. The molecule has 1 aliphatic rings. The minimum Gasteiger partial charge on any atom is -0.361 e. The van der Waals surface area contributed by atoms with Crippen LogP contribution in [0.2, 0.25) is 0 Å². The number of aryl methyl sites for hydroxylation is 2. The van der Waals surface area contributed by atoms with Crippen molar-refractivity contribution in [3.63, 3.8) is 0 Å². The minimum absolute atomic E-state index is 0.220. The zero-order valence-electron chi connectivity index (χ0n) is 21.3. The molecule has 4 heterocycles. The van der Waals surface area contributed by atoms with Crippen LogP contribution in [0.25, 0.3) is 33.3 Å². The van der Waals surface area contributed by atoms with E-state index in [4.69, 9.17) is 5.10 Å². The molecule has 0 aliphatic heterocycles. The van der Waals surface area contributed by atoms with Crippen molar-refractivity contribution < 1.29 is 4.79 Å². The number of nitrogens with one attached hydrogen (secondary N) is 2. The average molecular weight is 500 g/mol. The van der Waals surface area contributed by atoms with Crippen LogP contribution in [0.3, 0.4) is 0 Å². The molecule has 0 spiro atoms. The summed E-state index contributed by atoms with van der Waals surface area (Å²) in [7, 11) is 4.93. The smallest absolute Gasteiger partial charge is 0.332 e. The van der Waals surface area contributed by atoms with Gasteiger partial charge in [-0.15, -0.1) is 0 Å². The number of hydrogen-bond acceptors (Lipinski definition) is 4. The van der Waals surface area contributed by atoms with Crippen molar-refractivity contribution >= 4 is 27.8 Å². The van der Waals surface area contributed by atoms with E-state index in [2.05, 4.69) is 29.4 Å². The van der Waals surface area contributed by atoms with Gasteiger partial charge in [-0.05, 0) is 49.4 Å². The summed E-state index contributed by atoms with van der Waals surface area (Å²) in [4.78, 5) is 42.5. The van der Waals surface area contributed by atoms with Gasteiger partial charge in [0, 0.05) is 51.0 Å². The molecule has 0 bridgehead atoms. The first kappa shape index (κ1) is 23.1. The fraction of sp³-hybridized carbons (Fsp3) is 0.333. The van der Waals surface area contributed by atoms with E-state index in [0.717, 1.165) is 39.4 Å². The molecule has 0 radical (unpaired) electrons. The average Bonchev–Trinajstić information content (AvgIpc) is 3.33. The molecule has 6 rings (SSSR count). The van der Waals surface area contributed by atoms with Gasteiger partial charge in [-0.3, -0.25) is 23.4 Å². The quantitative estimate of drug-likeness (QED) is 0.374. The van der Waals surface area contributed by atoms with Crippen molar-refractivity contribution in [1.29, 1.82) is 0 Å². The van der Waals surface area contributed by atoms with Crippen molar-refractivity contribution in [2.75, 3.05) is 7.05 Å². The van der Waals surface area contributed by atoms with Gasteiger partial charge in [0.2, 0.25) is 0 Å². The van der Waals surface area contributed by atoms with Gasteiger partial charge >= 0.3 is 5.69 Å². The summed E-state index contributed by atoms with van der Waals surface area (Å²) in [5.41, 5.74) is 4.53. The number of H-pyrrole nitrogens is 1. The van der Waals surface area contributed by atoms with E-state index in [0.29, 0.717) is 47.0 Å². The monoisotopic (exact) mass is 499 g/mol. The minimum atomic E-state index is -0.397. The number of aromatic amines is 1. The molecule has 2 N–H and O–H groups in total. The molecule has 4 aromatic heterocycles. The van der Waals surface area contributed by atoms with Gasteiger partial charge in [-0.25, -0.2) is 4.79 Å². The lowest BCUT2D eigenvalue weighted by molar-refractivity contribution is 0.0963. The first-order valence-corrected chi connectivity index (χ1v) is 12.4. The number of fused-ring (bicyclic) bond motifs is 2. The lowest BCUT2D eigenvalue weighted by atomic mass is 10.1. The molecule has 1 aliphatic carbocycles. The number of amides is 1. The third-order valence-electron chi connectivity index (χ3n) is 7.34. The summed E-state index contributed by atoms with van der Waals surface area (Å²) in [6.07, 6.45) is 5.81. The maximum absolute atomic E-state index is 13.6. The molecule has 190 valence electrons. The number of hydrogen-bond donors (Lipinski definition) is 2. The van der Waals surface area contributed by atoms with Gasteiger partial charge in [0.15, 0.2) is 5.65 Å². The van der Waals surface area contributed by atoms with E-state index in [1.54, 1.807) is 28.6 Å². The van der Waals surface area contributed by atoms with Gasteiger partial charge in [-0.2, -0.15) is 5.10 Å². The standard InChI is InChI=1S/C27H29N7O3/c1-15-5-8-20-19(9-15)18(11-29-20)14-34-23(21-10-17(13-31(21)3)25(35)28-2)22-24(30-34)33(12-16-6-7-16)27(37)32(4)26(22)36/h5,8-11,13,16,29H,6-7,12,14H2,1-4H3,(H,28,35). The highest BCUT2D eigenvalue weighted by Crippen LogP contribution is 2.33. The molecule has 1 fully saturated rings. The number of carbonyl (C=O) groups excluding carboxylic acids is 1. The SMILES string of the molecule is CNC(=O)c1cc(-c2c3c(=O)n(C)c(=O)n(CC4CC4)c3nn2Cc2c[nH]c3ccc(C)cc23)n(C)c1. The number of nitrogens with zero attached hydrogens (tertiary/aromatic N) is 5. The molecule has 37 heavy (non-hydrogen) atoms. The van der Waals surface area contributed by atoms with Gasteiger partial charge in [0.25, 0.3) is 11.5 Å². The Hall–Kier alpha value is -4.34. The maximum Gasteiger partial charge on any atom is 0.332 e. The summed E-state index contributed by atoms with van der Waals surface area (Å²) < 4.78 is 6.42. The Morgan fingerprint density at radius 2 is 1.97 bits per heavy atom. The molecule has 0 atom stereocenters. The van der Waals surface area contributed by atoms with Crippen molar-refractivity contribution in [1.82, 2.24) is 33.8 Å². The van der Waals surface area contributed by atoms with E-state index in [-0.39, 0.29) is 11.6 Å². The number of carbonyl (C=O) groups is 1. The molecule has 10 nitrogen and oxygen atoms in total. The van der Waals surface area contributed by atoms with Crippen LogP contribution in [0.1, 0.15) is 34.3 Å². The first-order valence-electron chi connectivity index (χ1n) is 12.4. The fourth-order valence-electron chi connectivity index (χ4n) is 5.11. The van der Waals surface area contributed by atoms with E-state index in [1.807, 2.05) is 23.9 Å². The van der Waals surface area contributed by atoms with Crippen LogP contribution in [-0.2, 0) is 27.2 Å². The molecule has 0 saturated heterocycles. The number of benzene rings is 1. The van der Waals surface area contributed by atoms with E-state index in [1.165, 1.54) is 7.05 Å². The first-order chi connectivity index (χ1) is 17.8. The van der Waals surface area contributed by atoms with Crippen LogP contribution in [0.5, 0.6) is 0 Å². The Labute approximate surface area is 212 Å². The second kappa shape index (κ2) is 8.36. The van der Waals surface area contributed by atoms with Gasteiger partial charge in [-0.1, -0.05) is 11.6 Å². The highest BCUT2D eigenvalue weighted by atomic mass is 16.2. The zero-order chi connectivity index (χ0) is 26.0. The largest absolute Gasteiger partial charge is 0.361 e. The van der Waals surface area contributed by atoms with Gasteiger partial charge in [0.1, 0.15) is 11.1 Å². The van der Waals surface area contributed by atoms with Crippen LogP contribution in [0.15, 0.2) is 46.2 Å². The summed E-state index contributed by atoms with van der Waals surface area (Å²) in [5.74, 6) is 0.196. The molecule has 0 unspecified atom stereocenters. The Morgan fingerprint density at radius 3 is 2.70 bits per heavy atom. The van der Waals surface area contributed by atoms with Crippen molar-refractivity contribution in [3.05, 3.63) is 74.2 Å². The third-order valence-corrected chi connectivity index (χ3v) is 7.34. The van der Waals surface area contributed by atoms with Crippen molar-refractivity contribution in [2.45, 2.75) is 32.9 Å². The number of aromatic nitrogens is 6. The highest BCUT2D eigenvalue weighted by Gasteiger charge is 2.28. The third kappa shape index (κ3) is 3.71. The van der Waals surface area contributed by atoms with Crippen LogP contribution in [0, 0.1) is 12.8 Å². The predicted molar refractivity (Wildman–Crippen MR) is 142 cm³/mol.